The summed E-state index contributed by atoms with van der Waals surface area (Å²) in [6.07, 6.45) is 7.44. The summed E-state index contributed by atoms with van der Waals surface area (Å²) < 4.78 is 5.37. The molecule has 0 radical (unpaired) electrons. The van der Waals surface area contributed by atoms with Gasteiger partial charge in [-0.05, 0) is 6.07 Å². The maximum atomic E-state index is 5.91. The van der Waals surface area contributed by atoms with E-state index in [0.717, 1.165) is 16.5 Å². The van der Waals surface area contributed by atoms with Crippen LogP contribution in [-0.2, 0) is 0 Å². The maximum Gasteiger partial charge on any atom is 0.134 e. The predicted octanol–water partition coefficient (Wildman–Crippen LogP) is 2.46. The fourth-order valence-electron chi connectivity index (χ4n) is 1.52. The van der Waals surface area contributed by atoms with E-state index in [4.69, 9.17) is 16.6 Å². The Hall–Kier alpha value is -1.72. The lowest BCUT2D eigenvalue weighted by molar-refractivity contribution is 0.601. The molecule has 0 aliphatic rings. The van der Waals surface area contributed by atoms with Gasteiger partial charge in [-0.25, -0.2) is 0 Å². The van der Waals surface area contributed by atoms with Crippen molar-refractivity contribution in [1.82, 2.24) is 0 Å². The van der Waals surface area contributed by atoms with Crippen LogP contribution in [0.3, 0.4) is 0 Å². The van der Waals surface area contributed by atoms with Crippen LogP contribution < -0.4 is 5.73 Å². The third-order valence-electron chi connectivity index (χ3n) is 2.25. The molecule has 70 valence electrons. The van der Waals surface area contributed by atoms with E-state index in [1.165, 1.54) is 0 Å². The number of fused-ring (bicyclic) bond motifs is 1. The molecule has 0 amide bonds. The molecule has 0 aliphatic carbocycles. The smallest absolute Gasteiger partial charge is 0.134 e. The molecule has 0 bridgehead atoms. The Morgan fingerprint density at radius 1 is 1.43 bits per heavy atom. The maximum absolute atomic E-state index is 5.91. The highest BCUT2D eigenvalue weighted by atomic mass is 16.3. The van der Waals surface area contributed by atoms with Crippen molar-refractivity contribution >= 4 is 11.0 Å². The van der Waals surface area contributed by atoms with Gasteiger partial charge < -0.3 is 10.2 Å². The monoisotopic (exact) mass is 185 g/mol. The molecule has 0 spiro atoms. The number of nitrogens with two attached hydrogens (primary N) is 1. The van der Waals surface area contributed by atoms with Crippen LogP contribution in [-0.4, -0.2) is 0 Å². The highest BCUT2D eigenvalue weighted by Crippen LogP contribution is 2.26. The Labute approximate surface area is 82.7 Å². The second kappa shape index (κ2) is 3.57. The van der Waals surface area contributed by atoms with Crippen LogP contribution in [0.1, 0.15) is 18.0 Å². The van der Waals surface area contributed by atoms with E-state index in [1.807, 2.05) is 24.3 Å². The SMILES string of the molecule is C#CCC(N)c1coc2ccccc12. The molecule has 2 aromatic rings. The first-order valence-electron chi connectivity index (χ1n) is 4.48. The molecule has 1 atom stereocenters. The summed E-state index contributed by atoms with van der Waals surface area (Å²) in [5.41, 5.74) is 7.75. The van der Waals surface area contributed by atoms with Crippen LogP contribution in [0.25, 0.3) is 11.0 Å². The molecule has 1 heterocycles. The van der Waals surface area contributed by atoms with E-state index < -0.39 is 0 Å². The fourth-order valence-corrected chi connectivity index (χ4v) is 1.52. The minimum absolute atomic E-state index is 0.136. The third-order valence-corrected chi connectivity index (χ3v) is 2.25. The van der Waals surface area contributed by atoms with Crippen LogP contribution in [0.2, 0.25) is 0 Å². The summed E-state index contributed by atoms with van der Waals surface area (Å²) in [6.45, 7) is 0. The lowest BCUT2D eigenvalue weighted by Crippen LogP contribution is -2.08. The standard InChI is InChI=1S/C12H11NO/c1-2-5-11(13)10-8-14-12-7-4-3-6-9(10)12/h1,3-4,6-8,11H,5,13H2. The molecule has 0 fully saturated rings. The molecule has 1 unspecified atom stereocenters. The zero-order valence-electron chi connectivity index (χ0n) is 7.73. The second-order valence-corrected chi connectivity index (χ2v) is 3.20. The summed E-state index contributed by atoms with van der Waals surface area (Å²) in [5.74, 6) is 2.55. The van der Waals surface area contributed by atoms with Gasteiger partial charge in [-0.1, -0.05) is 18.2 Å². The number of para-hydroxylation sites is 1. The molecule has 1 aromatic carbocycles. The van der Waals surface area contributed by atoms with Crippen LogP contribution in [0.15, 0.2) is 34.9 Å². The molecule has 2 N–H and O–H groups in total. The molecule has 1 aromatic heterocycles. The van der Waals surface area contributed by atoms with Crippen LogP contribution in [0, 0.1) is 12.3 Å². The van der Waals surface area contributed by atoms with Gasteiger partial charge in [-0.3, -0.25) is 0 Å². The lowest BCUT2D eigenvalue weighted by Gasteiger charge is -2.04. The van der Waals surface area contributed by atoms with Gasteiger partial charge >= 0.3 is 0 Å². The zero-order chi connectivity index (χ0) is 9.97. The van der Waals surface area contributed by atoms with E-state index in [0.29, 0.717) is 6.42 Å². The number of terminal acetylenes is 1. The zero-order valence-corrected chi connectivity index (χ0v) is 7.73. The first-order valence-corrected chi connectivity index (χ1v) is 4.48. The van der Waals surface area contributed by atoms with E-state index in [9.17, 15) is 0 Å². The Balaban J connectivity index is 2.48. The van der Waals surface area contributed by atoms with Crippen LogP contribution in [0.5, 0.6) is 0 Å². The van der Waals surface area contributed by atoms with Gasteiger partial charge in [0.2, 0.25) is 0 Å². The van der Waals surface area contributed by atoms with Gasteiger partial charge in [0.25, 0.3) is 0 Å². The van der Waals surface area contributed by atoms with Gasteiger partial charge in [-0.2, -0.15) is 0 Å². The molecule has 0 aliphatic heterocycles. The van der Waals surface area contributed by atoms with Crippen molar-refractivity contribution in [3.8, 4) is 12.3 Å². The van der Waals surface area contributed by atoms with Crippen LogP contribution >= 0.6 is 0 Å². The van der Waals surface area contributed by atoms with Crippen molar-refractivity contribution in [3.05, 3.63) is 36.1 Å². The number of hydrogen-bond donors (Lipinski definition) is 1. The Morgan fingerprint density at radius 3 is 3.00 bits per heavy atom. The number of hydrogen-bond acceptors (Lipinski definition) is 2. The van der Waals surface area contributed by atoms with Crippen molar-refractivity contribution in [2.75, 3.05) is 0 Å². The highest BCUT2D eigenvalue weighted by Gasteiger charge is 2.11. The average molecular weight is 185 g/mol. The lowest BCUT2D eigenvalue weighted by atomic mass is 10.0. The molecule has 2 nitrogen and oxygen atoms in total. The topological polar surface area (TPSA) is 39.2 Å². The summed E-state index contributed by atoms with van der Waals surface area (Å²) >= 11 is 0. The number of rotatable bonds is 2. The van der Waals surface area contributed by atoms with E-state index >= 15 is 0 Å². The second-order valence-electron chi connectivity index (χ2n) is 3.20. The molecular weight excluding hydrogens is 174 g/mol. The minimum atomic E-state index is -0.136. The number of benzene rings is 1. The molecule has 2 rings (SSSR count). The minimum Gasteiger partial charge on any atom is -0.464 e. The molecule has 14 heavy (non-hydrogen) atoms. The van der Waals surface area contributed by atoms with Crippen molar-refractivity contribution in [3.63, 3.8) is 0 Å². The summed E-state index contributed by atoms with van der Waals surface area (Å²) in [4.78, 5) is 0. The predicted molar refractivity (Wildman–Crippen MR) is 56.6 cm³/mol. The highest BCUT2D eigenvalue weighted by molar-refractivity contribution is 5.81. The van der Waals surface area contributed by atoms with Crippen LogP contribution in [0.4, 0.5) is 0 Å². The summed E-state index contributed by atoms with van der Waals surface area (Å²) in [5, 5.41) is 1.05. The fraction of sp³-hybridized carbons (Fsp3) is 0.167. The molecule has 2 heteroatoms. The first kappa shape index (κ1) is 8.86. The van der Waals surface area contributed by atoms with E-state index in [1.54, 1.807) is 6.26 Å². The normalized spacial score (nSPS) is 12.6. The van der Waals surface area contributed by atoms with Gasteiger partial charge in [0.1, 0.15) is 5.58 Å². The molecule has 0 saturated carbocycles. The Kier molecular flexibility index (Phi) is 2.26. The van der Waals surface area contributed by atoms with Crippen molar-refractivity contribution in [2.24, 2.45) is 5.73 Å². The third kappa shape index (κ3) is 1.39. The largest absolute Gasteiger partial charge is 0.464 e. The summed E-state index contributed by atoms with van der Waals surface area (Å²) in [6, 6.07) is 7.67. The average Bonchev–Trinajstić information content (AvgIpc) is 2.61. The van der Waals surface area contributed by atoms with Crippen molar-refractivity contribution < 1.29 is 4.42 Å². The summed E-state index contributed by atoms with van der Waals surface area (Å²) in [7, 11) is 0. The Morgan fingerprint density at radius 2 is 2.21 bits per heavy atom. The first-order chi connectivity index (χ1) is 6.83. The quantitative estimate of drug-likeness (QED) is 0.730. The number of furan rings is 1. The molecular formula is C12H11NO. The molecule has 0 saturated heterocycles. The van der Waals surface area contributed by atoms with Gasteiger partial charge in [0, 0.05) is 23.4 Å². The van der Waals surface area contributed by atoms with Crippen molar-refractivity contribution in [1.29, 1.82) is 0 Å². The van der Waals surface area contributed by atoms with Crippen molar-refractivity contribution in [2.45, 2.75) is 12.5 Å². The van der Waals surface area contributed by atoms with Gasteiger partial charge in [-0.15, -0.1) is 12.3 Å². The van der Waals surface area contributed by atoms with Gasteiger partial charge in [0.15, 0.2) is 0 Å². The van der Waals surface area contributed by atoms with E-state index in [-0.39, 0.29) is 6.04 Å². The van der Waals surface area contributed by atoms with Gasteiger partial charge in [0.05, 0.1) is 6.26 Å². The van der Waals surface area contributed by atoms with E-state index in [2.05, 4.69) is 5.92 Å². The Bertz CT molecular complexity index is 478.